The van der Waals surface area contributed by atoms with E-state index in [1.54, 1.807) is 0 Å². The van der Waals surface area contributed by atoms with Crippen LogP contribution in [-0.4, -0.2) is 13.4 Å². The third-order valence-corrected chi connectivity index (χ3v) is 5.75. The summed E-state index contributed by atoms with van der Waals surface area (Å²) in [5, 5.41) is 4.14. The summed E-state index contributed by atoms with van der Waals surface area (Å²) >= 11 is 9.88. The predicted octanol–water partition coefficient (Wildman–Crippen LogP) is 6.52. The molecule has 0 saturated heterocycles. The van der Waals surface area contributed by atoms with Gasteiger partial charge in [0, 0.05) is 23.7 Å². The number of fused-ring (bicyclic) bond motifs is 1. The van der Waals surface area contributed by atoms with Crippen LogP contribution in [0.25, 0.3) is 0 Å². The Morgan fingerprint density at radius 2 is 1.75 bits per heavy atom. The Hall–Kier alpha value is -2.12. The molecule has 8 heteroatoms. The Balaban J connectivity index is 0.00000289. The summed E-state index contributed by atoms with van der Waals surface area (Å²) in [5.74, 6) is 2.95. The van der Waals surface area contributed by atoms with Crippen LogP contribution >= 0.6 is 39.9 Å². The Morgan fingerprint density at radius 1 is 0.969 bits per heavy atom. The van der Waals surface area contributed by atoms with Crippen LogP contribution < -0.4 is 24.3 Å². The topological polar surface area (TPSA) is 49.0 Å². The van der Waals surface area contributed by atoms with Gasteiger partial charge in [-0.05, 0) is 64.3 Å². The van der Waals surface area contributed by atoms with Crippen LogP contribution in [0, 0.1) is 0 Å². The molecule has 0 amide bonds. The molecule has 0 aromatic heterocycles. The molecule has 0 bridgehead atoms. The summed E-state index contributed by atoms with van der Waals surface area (Å²) in [5.41, 5.74) is 3.14. The maximum absolute atomic E-state index is 6.25. The van der Waals surface area contributed by atoms with E-state index in [0.717, 1.165) is 32.7 Å². The molecular weight excluding hydrogens is 517 g/mol. The molecule has 5 nitrogen and oxygen atoms in total. The number of halogens is 3. The van der Waals surface area contributed by atoms with Gasteiger partial charge in [0.25, 0.3) is 0 Å². The molecular formula is C24H24BrCl2NO4. The molecule has 1 aliphatic heterocycles. The molecule has 1 heterocycles. The first-order chi connectivity index (χ1) is 15.1. The molecule has 0 aliphatic carbocycles. The fraction of sp³-hybridized carbons (Fsp3) is 0.250. The highest BCUT2D eigenvalue weighted by Gasteiger charge is 2.15. The highest BCUT2D eigenvalue weighted by molar-refractivity contribution is 9.10. The third kappa shape index (κ3) is 6.01. The van der Waals surface area contributed by atoms with Crippen molar-refractivity contribution in [3.05, 3.63) is 80.8 Å². The molecule has 0 fully saturated rings. The van der Waals surface area contributed by atoms with Gasteiger partial charge >= 0.3 is 0 Å². The first-order valence-electron chi connectivity index (χ1n) is 10.0. The van der Waals surface area contributed by atoms with Crippen LogP contribution in [0.15, 0.2) is 59.1 Å². The lowest BCUT2D eigenvalue weighted by atomic mass is 10.1. The van der Waals surface area contributed by atoms with Crippen molar-refractivity contribution >= 4 is 39.9 Å². The zero-order chi connectivity index (χ0) is 21.6. The number of benzene rings is 3. The summed E-state index contributed by atoms with van der Waals surface area (Å²) in [6.45, 7) is 4.53. The van der Waals surface area contributed by atoms with Crippen LogP contribution in [0.3, 0.4) is 0 Å². The average molecular weight is 541 g/mol. The fourth-order valence-electron chi connectivity index (χ4n) is 3.29. The lowest BCUT2D eigenvalue weighted by Crippen LogP contribution is -2.13. The normalized spacial score (nSPS) is 11.7. The lowest BCUT2D eigenvalue weighted by Gasteiger charge is -2.16. The zero-order valence-corrected chi connectivity index (χ0v) is 20.7. The van der Waals surface area contributed by atoms with Crippen LogP contribution in [0.1, 0.15) is 23.6 Å². The van der Waals surface area contributed by atoms with E-state index in [-0.39, 0.29) is 19.2 Å². The van der Waals surface area contributed by atoms with Crippen LogP contribution in [-0.2, 0) is 19.7 Å². The summed E-state index contributed by atoms with van der Waals surface area (Å²) in [6, 6.07) is 17.7. The second-order valence-electron chi connectivity index (χ2n) is 7.01. The van der Waals surface area contributed by atoms with Crippen LogP contribution in [0.2, 0.25) is 5.02 Å². The Bertz CT molecular complexity index is 1060. The van der Waals surface area contributed by atoms with Crippen molar-refractivity contribution in [3.8, 4) is 23.0 Å². The zero-order valence-electron chi connectivity index (χ0n) is 17.5. The molecule has 0 unspecified atom stereocenters. The van der Waals surface area contributed by atoms with Crippen LogP contribution in [0.5, 0.6) is 23.0 Å². The highest BCUT2D eigenvalue weighted by Crippen LogP contribution is 2.38. The maximum atomic E-state index is 6.25. The Kier molecular flexibility index (Phi) is 8.93. The van der Waals surface area contributed by atoms with Gasteiger partial charge in [-0.3, -0.25) is 0 Å². The minimum atomic E-state index is 0. The number of nitrogens with one attached hydrogen (secondary N) is 1. The minimum absolute atomic E-state index is 0. The molecule has 32 heavy (non-hydrogen) atoms. The van der Waals surface area contributed by atoms with E-state index in [2.05, 4.69) is 21.2 Å². The first-order valence-corrected chi connectivity index (χ1v) is 11.2. The summed E-state index contributed by atoms with van der Waals surface area (Å²) in [4.78, 5) is 0. The molecule has 0 spiro atoms. The fourth-order valence-corrected chi connectivity index (χ4v) is 4.09. The van der Waals surface area contributed by atoms with Gasteiger partial charge in [-0.1, -0.05) is 35.9 Å². The molecule has 170 valence electrons. The first kappa shape index (κ1) is 24.5. The van der Waals surface area contributed by atoms with Crippen molar-refractivity contribution in [1.29, 1.82) is 0 Å². The van der Waals surface area contributed by atoms with E-state index in [1.807, 2.05) is 61.5 Å². The van der Waals surface area contributed by atoms with Crippen LogP contribution in [0.4, 0.5) is 0 Å². The van der Waals surface area contributed by atoms with E-state index >= 15 is 0 Å². The highest BCUT2D eigenvalue weighted by atomic mass is 79.9. The number of hydrogen-bond acceptors (Lipinski definition) is 5. The van der Waals surface area contributed by atoms with E-state index in [1.165, 1.54) is 0 Å². The van der Waals surface area contributed by atoms with Crippen molar-refractivity contribution in [2.24, 2.45) is 0 Å². The Morgan fingerprint density at radius 3 is 2.56 bits per heavy atom. The maximum Gasteiger partial charge on any atom is 0.231 e. The van der Waals surface area contributed by atoms with Crippen molar-refractivity contribution in [3.63, 3.8) is 0 Å². The monoisotopic (exact) mass is 539 g/mol. The minimum Gasteiger partial charge on any atom is -0.490 e. The van der Waals surface area contributed by atoms with Gasteiger partial charge in [0.1, 0.15) is 6.61 Å². The summed E-state index contributed by atoms with van der Waals surface area (Å²) in [7, 11) is 0. The largest absolute Gasteiger partial charge is 0.490 e. The molecule has 0 saturated carbocycles. The number of rotatable bonds is 9. The quantitative estimate of drug-likeness (QED) is 0.335. The number of hydrogen-bond donors (Lipinski definition) is 1. The van der Waals surface area contributed by atoms with Gasteiger partial charge in [-0.15, -0.1) is 12.4 Å². The summed E-state index contributed by atoms with van der Waals surface area (Å²) < 4.78 is 23.5. The van der Waals surface area contributed by atoms with Crippen molar-refractivity contribution < 1.29 is 18.9 Å². The molecule has 1 N–H and O–H groups in total. The molecule has 1 aliphatic rings. The number of ether oxygens (including phenoxy) is 4. The van der Waals surface area contributed by atoms with E-state index in [4.69, 9.17) is 30.5 Å². The van der Waals surface area contributed by atoms with Gasteiger partial charge in [-0.2, -0.15) is 0 Å². The molecule has 0 atom stereocenters. The van der Waals surface area contributed by atoms with Gasteiger partial charge < -0.3 is 24.3 Å². The van der Waals surface area contributed by atoms with E-state index in [9.17, 15) is 0 Å². The molecule has 0 radical (unpaired) electrons. The third-order valence-electron chi connectivity index (χ3n) is 4.79. The van der Waals surface area contributed by atoms with Gasteiger partial charge in [0.15, 0.2) is 23.0 Å². The Labute approximate surface area is 207 Å². The molecule has 3 aromatic rings. The predicted molar refractivity (Wildman–Crippen MR) is 131 cm³/mol. The van der Waals surface area contributed by atoms with Crippen molar-refractivity contribution in [1.82, 2.24) is 5.32 Å². The van der Waals surface area contributed by atoms with E-state index in [0.29, 0.717) is 42.8 Å². The SMILES string of the molecule is CCOc1cc(CNCc2ccc3c(c2)OCO3)cc(Br)c1OCc1ccccc1Cl.Cl. The van der Waals surface area contributed by atoms with E-state index < -0.39 is 0 Å². The van der Waals surface area contributed by atoms with Crippen molar-refractivity contribution in [2.75, 3.05) is 13.4 Å². The van der Waals surface area contributed by atoms with Gasteiger partial charge in [0.2, 0.25) is 6.79 Å². The summed E-state index contributed by atoms with van der Waals surface area (Å²) in [6.07, 6.45) is 0. The average Bonchev–Trinajstić information content (AvgIpc) is 3.22. The smallest absolute Gasteiger partial charge is 0.231 e. The second kappa shape index (κ2) is 11.7. The second-order valence-corrected chi connectivity index (χ2v) is 8.27. The van der Waals surface area contributed by atoms with Crippen molar-refractivity contribution in [2.45, 2.75) is 26.6 Å². The van der Waals surface area contributed by atoms with Gasteiger partial charge in [-0.25, -0.2) is 0 Å². The molecule has 3 aromatic carbocycles. The standard InChI is InChI=1S/C24H23BrClNO4.ClH/c1-2-28-23-11-17(13-27-12-16-7-8-21-22(10-16)31-15-30-21)9-19(25)24(23)29-14-18-5-3-4-6-20(18)26;/h3-11,27H,2,12-15H2,1H3;1H. The molecule has 4 rings (SSSR count). The van der Waals surface area contributed by atoms with Gasteiger partial charge in [0.05, 0.1) is 11.1 Å². The lowest BCUT2D eigenvalue weighted by molar-refractivity contribution is 0.174.